The minimum absolute atomic E-state index is 0.290. The lowest BCUT2D eigenvalue weighted by Gasteiger charge is -2.04. The number of methoxy groups -OCH3 is 1. The molecule has 0 unspecified atom stereocenters. The summed E-state index contributed by atoms with van der Waals surface area (Å²) < 4.78 is 11.1. The van der Waals surface area contributed by atoms with Crippen LogP contribution in [0, 0.1) is 0 Å². The van der Waals surface area contributed by atoms with E-state index in [1.54, 1.807) is 25.3 Å². The van der Waals surface area contributed by atoms with Crippen LogP contribution in [0.2, 0.25) is 0 Å². The van der Waals surface area contributed by atoms with Crippen molar-refractivity contribution in [3.63, 3.8) is 0 Å². The summed E-state index contributed by atoms with van der Waals surface area (Å²) in [4.78, 5) is 11.0. The third-order valence-electron chi connectivity index (χ3n) is 3.58. The normalized spacial score (nSPS) is 10.8. The molecule has 0 bridgehead atoms. The molecule has 3 rings (SSSR count). The van der Waals surface area contributed by atoms with Crippen LogP contribution in [0.25, 0.3) is 11.0 Å². The zero-order valence-corrected chi connectivity index (χ0v) is 12.7. The van der Waals surface area contributed by atoms with E-state index in [4.69, 9.17) is 14.3 Å². The van der Waals surface area contributed by atoms with Crippen molar-refractivity contribution in [3.05, 3.63) is 65.4 Å². The number of nitrogens with one attached hydrogen (secondary N) is 1. The van der Waals surface area contributed by atoms with Crippen LogP contribution < -0.4 is 10.1 Å². The van der Waals surface area contributed by atoms with Crippen LogP contribution in [0.4, 0.5) is 0 Å². The Morgan fingerprint density at radius 1 is 1.17 bits per heavy atom. The van der Waals surface area contributed by atoms with Crippen molar-refractivity contribution in [1.82, 2.24) is 5.32 Å². The molecule has 2 N–H and O–H groups in total. The van der Waals surface area contributed by atoms with E-state index in [9.17, 15) is 4.79 Å². The van der Waals surface area contributed by atoms with E-state index in [0.29, 0.717) is 18.8 Å². The molecule has 0 aliphatic carbocycles. The molecule has 5 heteroatoms. The van der Waals surface area contributed by atoms with Gasteiger partial charge in [-0.1, -0.05) is 24.3 Å². The third kappa shape index (κ3) is 3.35. The van der Waals surface area contributed by atoms with Crippen LogP contribution in [0.3, 0.4) is 0 Å². The van der Waals surface area contributed by atoms with E-state index in [1.165, 1.54) is 0 Å². The van der Waals surface area contributed by atoms with Crippen LogP contribution in [0.5, 0.6) is 5.75 Å². The number of carbonyl (C=O) groups is 1. The fourth-order valence-electron chi connectivity index (χ4n) is 2.48. The second kappa shape index (κ2) is 6.54. The molecule has 0 aliphatic heterocycles. The molecule has 2 aromatic carbocycles. The van der Waals surface area contributed by atoms with Gasteiger partial charge in [-0.2, -0.15) is 0 Å². The first-order valence-corrected chi connectivity index (χ1v) is 7.26. The largest absolute Gasteiger partial charge is 0.493 e. The van der Waals surface area contributed by atoms with E-state index >= 15 is 0 Å². The van der Waals surface area contributed by atoms with Crippen molar-refractivity contribution in [2.75, 3.05) is 7.11 Å². The molecule has 23 heavy (non-hydrogen) atoms. The van der Waals surface area contributed by atoms with Gasteiger partial charge in [-0.25, -0.2) is 4.79 Å². The summed E-state index contributed by atoms with van der Waals surface area (Å²) in [5.74, 6) is 0.595. The average molecular weight is 311 g/mol. The summed E-state index contributed by atoms with van der Waals surface area (Å²) >= 11 is 0. The van der Waals surface area contributed by atoms with Gasteiger partial charge in [-0.3, -0.25) is 0 Å². The maximum atomic E-state index is 11.0. The first-order chi connectivity index (χ1) is 11.2. The van der Waals surface area contributed by atoms with E-state index < -0.39 is 5.97 Å². The van der Waals surface area contributed by atoms with Gasteiger partial charge in [0, 0.05) is 11.9 Å². The minimum Gasteiger partial charge on any atom is -0.493 e. The van der Waals surface area contributed by atoms with Crippen LogP contribution in [-0.2, 0) is 13.1 Å². The Morgan fingerprint density at radius 3 is 2.78 bits per heavy atom. The van der Waals surface area contributed by atoms with Gasteiger partial charge in [0.25, 0.3) is 0 Å². The topological polar surface area (TPSA) is 71.7 Å². The third-order valence-corrected chi connectivity index (χ3v) is 3.58. The summed E-state index contributed by atoms with van der Waals surface area (Å²) in [6.07, 6.45) is 0. The molecule has 1 aromatic heterocycles. The van der Waals surface area contributed by atoms with Gasteiger partial charge in [-0.15, -0.1) is 0 Å². The molecule has 0 saturated heterocycles. The Bertz CT molecular complexity index is 838. The molecular weight excluding hydrogens is 294 g/mol. The zero-order chi connectivity index (χ0) is 16.2. The van der Waals surface area contributed by atoms with Gasteiger partial charge < -0.3 is 19.6 Å². The van der Waals surface area contributed by atoms with Gasteiger partial charge >= 0.3 is 5.97 Å². The molecule has 0 fully saturated rings. The highest BCUT2D eigenvalue weighted by Gasteiger charge is 2.08. The van der Waals surface area contributed by atoms with E-state index in [0.717, 1.165) is 22.3 Å². The summed E-state index contributed by atoms with van der Waals surface area (Å²) in [6.45, 7) is 1.12. The number of benzene rings is 2. The Labute approximate surface area is 133 Å². The number of carboxylic acids is 1. The van der Waals surface area contributed by atoms with Crippen LogP contribution in [0.15, 0.2) is 52.9 Å². The lowest BCUT2D eigenvalue weighted by Crippen LogP contribution is -2.12. The molecule has 118 valence electrons. The van der Waals surface area contributed by atoms with Crippen molar-refractivity contribution in [2.45, 2.75) is 13.1 Å². The lowest BCUT2D eigenvalue weighted by molar-refractivity contribution is 0.0696. The second-order valence-electron chi connectivity index (χ2n) is 5.20. The summed E-state index contributed by atoms with van der Waals surface area (Å²) in [5.41, 5.74) is 1.94. The predicted octanol–water partition coefficient (Wildman–Crippen LogP) is 3.43. The highest BCUT2D eigenvalue weighted by Crippen LogP contribution is 2.28. The van der Waals surface area contributed by atoms with Crippen molar-refractivity contribution in [2.24, 2.45) is 0 Å². The molecule has 0 spiro atoms. The number of hydrogen-bond acceptors (Lipinski definition) is 4. The highest BCUT2D eigenvalue weighted by atomic mass is 16.5. The van der Waals surface area contributed by atoms with Gasteiger partial charge in [0.2, 0.25) is 0 Å². The van der Waals surface area contributed by atoms with Gasteiger partial charge in [-0.05, 0) is 29.8 Å². The van der Waals surface area contributed by atoms with Crippen molar-refractivity contribution < 1.29 is 19.1 Å². The quantitative estimate of drug-likeness (QED) is 0.730. The number of carboxylic acid groups (broad SMARTS) is 1. The number of furan rings is 1. The standard InChI is InChI=1S/C18H17NO4/c1-22-16-7-3-5-13-9-15(23-17(13)16)11-19-10-12-4-2-6-14(8-12)18(20)21/h2-9,19H,10-11H2,1H3,(H,20,21). The molecular formula is C18H17NO4. The van der Waals surface area contributed by atoms with Gasteiger partial charge in [0.15, 0.2) is 11.3 Å². The van der Waals surface area contributed by atoms with Crippen molar-refractivity contribution in [1.29, 1.82) is 0 Å². The Morgan fingerprint density at radius 2 is 2.00 bits per heavy atom. The van der Waals surface area contributed by atoms with Crippen LogP contribution in [0.1, 0.15) is 21.7 Å². The molecule has 0 atom stereocenters. The fraction of sp³-hybridized carbons (Fsp3) is 0.167. The lowest BCUT2D eigenvalue weighted by atomic mass is 10.1. The van der Waals surface area contributed by atoms with Gasteiger partial charge in [0.05, 0.1) is 19.2 Å². The average Bonchev–Trinajstić information content (AvgIpc) is 2.98. The molecule has 0 aliphatic rings. The zero-order valence-electron chi connectivity index (χ0n) is 12.7. The summed E-state index contributed by atoms with van der Waals surface area (Å²) in [7, 11) is 1.62. The Balaban J connectivity index is 1.67. The summed E-state index contributed by atoms with van der Waals surface area (Å²) in [6, 6.07) is 14.6. The van der Waals surface area contributed by atoms with Gasteiger partial charge in [0.1, 0.15) is 5.76 Å². The minimum atomic E-state index is -0.920. The number of fused-ring (bicyclic) bond motifs is 1. The Kier molecular flexibility index (Phi) is 4.30. The SMILES string of the molecule is COc1cccc2cc(CNCc3cccc(C(=O)O)c3)oc12. The first-order valence-electron chi connectivity index (χ1n) is 7.26. The maximum absolute atomic E-state index is 11.0. The number of hydrogen-bond donors (Lipinski definition) is 2. The molecule has 5 nitrogen and oxygen atoms in total. The molecule has 1 heterocycles. The van der Waals surface area contributed by atoms with E-state index in [1.807, 2.05) is 30.3 Å². The predicted molar refractivity (Wildman–Crippen MR) is 86.7 cm³/mol. The maximum Gasteiger partial charge on any atom is 0.335 e. The highest BCUT2D eigenvalue weighted by molar-refractivity contribution is 5.87. The van der Waals surface area contributed by atoms with Crippen LogP contribution >= 0.6 is 0 Å². The number of aromatic carboxylic acids is 1. The number of ether oxygens (including phenoxy) is 1. The van der Waals surface area contributed by atoms with Crippen LogP contribution in [-0.4, -0.2) is 18.2 Å². The number of para-hydroxylation sites is 1. The number of rotatable bonds is 6. The molecule has 0 radical (unpaired) electrons. The molecule has 0 amide bonds. The van der Waals surface area contributed by atoms with E-state index in [2.05, 4.69) is 5.32 Å². The second-order valence-corrected chi connectivity index (χ2v) is 5.20. The summed E-state index contributed by atoms with van der Waals surface area (Å²) in [5, 5.41) is 13.2. The molecule has 0 saturated carbocycles. The monoisotopic (exact) mass is 311 g/mol. The Hall–Kier alpha value is -2.79. The van der Waals surface area contributed by atoms with E-state index in [-0.39, 0.29) is 5.56 Å². The van der Waals surface area contributed by atoms with Crippen molar-refractivity contribution in [3.8, 4) is 5.75 Å². The van der Waals surface area contributed by atoms with Crippen molar-refractivity contribution >= 4 is 16.9 Å². The molecule has 3 aromatic rings. The smallest absolute Gasteiger partial charge is 0.335 e. The first kappa shape index (κ1) is 15.1. The fourth-order valence-corrected chi connectivity index (χ4v) is 2.48.